The van der Waals surface area contributed by atoms with Crippen molar-refractivity contribution in [2.45, 2.75) is 43.5 Å². The van der Waals surface area contributed by atoms with Gasteiger partial charge in [-0.1, -0.05) is 38.1 Å². The van der Waals surface area contributed by atoms with Gasteiger partial charge in [0, 0.05) is 23.3 Å². The van der Waals surface area contributed by atoms with E-state index in [2.05, 4.69) is 16.0 Å². The van der Waals surface area contributed by atoms with Crippen LogP contribution in [-0.4, -0.2) is 43.0 Å². The van der Waals surface area contributed by atoms with E-state index in [0.29, 0.717) is 5.69 Å². The summed E-state index contributed by atoms with van der Waals surface area (Å²) in [4.78, 5) is 11.0. The number of hydrogen-bond donors (Lipinski definition) is 5. The Kier molecular flexibility index (Phi) is 9.14. The van der Waals surface area contributed by atoms with Crippen molar-refractivity contribution >= 4 is 67.0 Å². The van der Waals surface area contributed by atoms with Gasteiger partial charge in [-0.15, -0.1) is 0 Å². The number of carbonyl (C=O) groups is 1. The monoisotopic (exact) mass is 541 g/mol. The molecular weight excluding hydrogens is 514 g/mol. The SMILES string of the molecule is CC(C)NC(=S)Nc1ccc(/C=C/c2ccc(NC(=O)C(C)C)cc2S(=O)(=O)O)c(S(=O)(=O)O)c1. The fraction of sp³-hybridized carbons (Fsp3) is 0.273. The molecule has 13 heteroatoms. The van der Waals surface area contributed by atoms with E-state index in [1.807, 2.05) is 13.8 Å². The molecule has 0 aliphatic carbocycles. The summed E-state index contributed by atoms with van der Waals surface area (Å²) in [6.45, 7) is 7.07. The maximum absolute atomic E-state index is 12.0. The van der Waals surface area contributed by atoms with E-state index in [9.17, 15) is 30.7 Å². The number of nitrogens with one attached hydrogen (secondary N) is 3. The molecule has 0 atom stereocenters. The Morgan fingerprint density at radius 1 is 0.829 bits per heavy atom. The molecule has 2 aromatic carbocycles. The topological polar surface area (TPSA) is 162 Å². The lowest BCUT2D eigenvalue weighted by Crippen LogP contribution is -2.33. The average molecular weight is 542 g/mol. The van der Waals surface area contributed by atoms with Crippen LogP contribution in [-0.2, 0) is 25.0 Å². The Labute approximate surface area is 210 Å². The van der Waals surface area contributed by atoms with Gasteiger partial charge in [0.2, 0.25) is 5.91 Å². The first-order valence-corrected chi connectivity index (χ1v) is 13.7. The first-order chi connectivity index (χ1) is 16.1. The highest BCUT2D eigenvalue weighted by atomic mass is 32.2. The summed E-state index contributed by atoms with van der Waals surface area (Å²) in [5.41, 5.74) is 0.547. The van der Waals surface area contributed by atoms with Gasteiger partial charge in [-0.05, 0) is 61.5 Å². The highest BCUT2D eigenvalue weighted by Gasteiger charge is 2.18. The van der Waals surface area contributed by atoms with Crippen molar-refractivity contribution in [2.75, 3.05) is 10.6 Å². The highest BCUT2D eigenvalue weighted by Crippen LogP contribution is 2.26. The Bertz CT molecular complexity index is 1370. The second kappa shape index (κ2) is 11.3. The lowest BCUT2D eigenvalue weighted by molar-refractivity contribution is -0.118. The van der Waals surface area contributed by atoms with Crippen LogP contribution >= 0.6 is 12.2 Å². The molecule has 2 aromatic rings. The van der Waals surface area contributed by atoms with E-state index in [-0.39, 0.29) is 39.8 Å². The molecule has 0 spiro atoms. The third-order valence-corrected chi connectivity index (χ3v) is 6.53. The average Bonchev–Trinajstić information content (AvgIpc) is 2.71. The van der Waals surface area contributed by atoms with Crippen molar-refractivity contribution in [2.24, 2.45) is 5.92 Å². The largest absolute Gasteiger partial charge is 0.360 e. The molecule has 0 saturated heterocycles. The number of thiocarbonyl (C=S) groups is 1. The number of anilines is 2. The van der Waals surface area contributed by atoms with Gasteiger partial charge in [0.25, 0.3) is 20.2 Å². The summed E-state index contributed by atoms with van der Waals surface area (Å²) in [5.74, 6) is -0.695. The summed E-state index contributed by atoms with van der Waals surface area (Å²) >= 11 is 5.14. The zero-order valence-electron chi connectivity index (χ0n) is 19.4. The first kappa shape index (κ1) is 28.4. The Morgan fingerprint density at radius 2 is 1.26 bits per heavy atom. The van der Waals surface area contributed by atoms with E-state index < -0.39 is 30.0 Å². The number of rotatable bonds is 8. The Balaban J connectivity index is 2.47. The molecule has 0 fully saturated rings. The predicted molar refractivity (Wildman–Crippen MR) is 139 cm³/mol. The van der Waals surface area contributed by atoms with Crippen LogP contribution in [0.3, 0.4) is 0 Å². The minimum Gasteiger partial charge on any atom is -0.360 e. The van der Waals surface area contributed by atoms with Crippen molar-refractivity contribution < 1.29 is 30.7 Å². The third-order valence-electron chi connectivity index (χ3n) is 4.49. The normalized spacial score (nSPS) is 12.2. The van der Waals surface area contributed by atoms with Crippen molar-refractivity contribution in [1.82, 2.24) is 5.32 Å². The summed E-state index contributed by atoms with van der Waals surface area (Å²) < 4.78 is 67.2. The van der Waals surface area contributed by atoms with Gasteiger partial charge in [0.1, 0.15) is 9.79 Å². The minimum absolute atomic E-state index is 0.0286. The van der Waals surface area contributed by atoms with Gasteiger partial charge in [-0.2, -0.15) is 16.8 Å². The van der Waals surface area contributed by atoms with Crippen molar-refractivity contribution in [3.63, 3.8) is 0 Å². The van der Waals surface area contributed by atoms with E-state index in [4.69, 9.17) is 12.2 Å². The predicted octanol–water partition coefficient (Wildman–Crippen LogP) is 3.64. The van der Waals surface area contributed by atoms with Gasteiger partial charge >= 0.3 is 0 Å². The molecule has 35 heavy (non-hydrogen) atoms. The zero-order valence-corrected chi connectivity index (χ0v) is 21.9. The van der Waals surface area contributed by atoms with Crippen molar-refractivity contribution in [3.05, 3.63) is 47.5 Å². The van der Waals surface area contributed by atoms with Gasteiger partial charge in [-0.25, -0.2) is 0 Å². The molecule has 0 heterocycles. The van der Waals surface area contributed by atoms with E-state index in [1.54, 1.807) is 13.8 Å². The van der Waals surface area contributed by atoms with Crippen molar-refractivity contribution in [3.8, 4) is 0 Å². The molecule has 1 amide bonds. The Hall–Kier alpha value is -2.84. The number of benzene rings is 2. The molecule has 0 saturated carbocycles. The smallest absolute Gasteiger partial charge is 0.295 e. The maximum atomic E-state index is 12.0. The van der Waals surface area contributed by atoms with E-state index in [1.165, 1.54) is 42.5 Å². The second-order valence-electron chi connectivity index (χ2n) is 8.19. The molecule has 5 N–H and O–H groups in total. The van der Waals surface area contributed by atoms with Crippen LogP contribution in [0.2, 0.25) is 0 Å². The van der Waals surface area contributed by atoms with Crippen LogP contribution in [0.25, 0.3) is 12.2 Å². The third kappa shape index (κ3) is 8.40. The summed E-state index contributed by atoms with van der Waals surface area (Å²) in [5, 5.41) is 8.56. The second-order valence-corrected chi connectivity index (χ2v) is 11.4. The molecule has 0 radical (unpaired) electrons. The fourth-order valence-corrected chi connectivity index (χ4v) is 4.62. The van der Waals surface area contributed by atoms with Gasteiger partial charge < -0.3 is 16.0 Å². The number of carbonyl (C=O) groups excluding carboxylic acids is 1. The first-order valence-electron chi connectivity index (χ1n) is 10.4. The van der Waals surface area contributed by atoms with Crippen LogP contribution in [0.5, 0.6) is 0 Å². The quantitative estimate of drug-likeness (QED) is 0.189. The number of amides is 1. The van der Waals surface area contributed by atoms with Crippen molar-refractivity contribution in [1.29, 1.82) is 0 Å². The minimum atomic E-state index is -4.69. The molecule has 0 aromatic heterocycles. The van der Waals surface area contributed by atoms with Gasteiger partial charge in [0.15, 0.2) is 5.11 Å². The molecular formula is C22H27N3O7S3. The lowest BCUT2D eigenvalue weighted by Gasteiger charge is -2.14. The van der Waals surface area contributed by atoms with Crippen LogP contribution in [0.15, 0.2) is 46.2 Å². The molecule has 0 aliphatic heterocycles. The zero-order chi connectivity index (χ0) is 26.6. The molecule has 0 bridgehead atoms. The van der Waals surface area contributed by atoms with Crippen LogP contribution < -0.4 is 16.0 Å². The van der Waals surface area contributed by atoms with E-state index in [0.717, 1.165) is 6.07 Å². The summed E-state index contributed by atoms with van der Waals surface area (Å²) in [6, 6.07) is 8.01. The molecule has 0 unspecified atom stereocenters. The van der Waals surface area contributed by atoms with Crippen LogP contribution in [0, 0.1) is 5.92 Å². The molecule has 10 nitrogen and oxygen atoms in total. The van der Waals surface area contributed by atoms with Gasteiger partial charge in [0.05, 0.1) is 0 Å². The fourth-order valence-electron chi connectivity index (χ4n) is 2.84. The Morgan fingerprint density at radius 3 is 1.63 bits per heavy atom. The number of hydrogen-bond acceptors (Lipinski definition) is 6. The maximum Gasteiger partial charge on any atom is 0.295 e. The molecule has 0 aliphatic rings. The van der Waals surface area contributed by atoms with Crippen LogP contribution in [0.4, 0.5) is 11.4 Å². The summed E-state index contributed by atoms with van der Waals surface area (Å²) in [6.07, 6.45) is 2.53. The summed E-state index contributed by atoms with van der Waals surface area (Å²) in [7, 11) is -9.34. The van der Waals surface area contributed by atoms with Gasteiger partial charge in [-0.3, -0.25) is 13.9 Å². The van der Waals surface area contributed by atoms with E-state index >= 15 is 0 Å². The standard InChI is InChI=1S/C22H27N3O7S3/c1-13(2)21(26)24-17-9-7-15(19(11-17)34(27,28)29)5-6-16-8-10-18(12-20(16)35(30,31)32)25-22(33)23-14(3)4/h5-14H,1-4H3,(H,24,26)(H2,23,25,33)(H,27,28,29)(H,30,31,32)/b6-5+. The lowest BCUT2D eigenvalue weighted by atomic mass is 10.1. The van der Waals surface area contributed by atoms with Crippen LogP contribution in [0.1, 0.15) is 38.8 Å². The molecule has 2 rings (SSSR count). The molecule has 190 valence electrons. The highest BCUT2D eigenvalue weighted by molar-refractivity contribution is 7.86.